The summed E-state index contributed by atoms with van der Waals surface area (Å²) in [5, 5.41) is 6.79. The van der Waals surface area contributed by atoms with Crippen molar-refractivity contribution >= 4 is 22.7 Å². The van der Waals surface area contributed by atoms with Crippen molar-refractivity contribution < 1.29 is 9.59 Å². The molecule has 0 aliphatic carbocycles. The number of carbonyl (C=O) groups excluding carboxylic acids is 2. The maximum atomic E-state index is 12.3. The molecule has 2 amide bonds. The molecular weight excluding hydrogens is 328 g/mol. The Morgan fingerprint density at radius 3 is 2.54 bits per heavy atom. The molecule has 0 saturated carbocycles. The first-order valence-corrected chi connectivity index (χ1v) is 8.65. The molecule has 6 nitrogen and oxygen atoms in total. The summed E-state index contributed by atoms with van der Waals surface area (Å²) in [4.78, 5) is 31.7. The lowest BCUT2D eigenvalue weighted by molar-refractivity contribution is 0.0936. The van der Waals surface area contributed by atoms with Gasteiger partial charge >= 0.3 is 0 Å². The highest BCUT2D eigenvalue weighted by Gasteiger charge is 2.13. The van der Waals surface area contributed by atoms with Gasteiger partial charge in [0, 0.05) is 29.7 Å². The molecule has 0 saturated heterocycles. The van der Waals surface area contributed by atoms with Gasteiger partial charge in [-0.15, -0.1) is 0 Å². The first-order chi connectivity index (χ1) is 12.5. The number of fused-ring (bicyclic) bond motifs is 1. The third kappa shape index (κ3) is 4.08. The lowest BCUT2D eigenvalue weighted by Gasteiger charge is -2.09. The zero-order chi connectivity index (χ0) is 18.5. The van der Waals surface area contributed by atoms with Gasteiger partial charge in [-0.1, -0.05) is 24.3 Å². The lowest BCUT2D eigenvalue weighted by Crippen LogP contribution is -2.32. The Morgan fingerprint density at radius 2 is 1.77 bits per heavy atom. The zero-order valence-corrected chi connectivity index (χ0v) is 14.9. The highest BCUT2D eigenvalue weighted by Crippen LogP contribution is 2.17. The normalized spacial score (nSPS) is 10.9. The van der Waals surface area contributed by atoms with Crippen molar-refractivity contribution in [3.8, 4) is 0 Å². The van der Waals surface area contributed by atoms with Crippen LogP contribution in [0.1, 0.15) is 40.4 Å². The van der Waals surface area contributed by atoms with Crippen LogP contribution in [0.5, 0.6) is 0 Å². The second-order valence-corrected chi connectivity index (χ2v) is 6.40. The van der Waals surface area contributed by atoms with E-state index in [1.165, 1.54) is 0 Å². The number of hydrogen-bond acceptors (Lipinski definition) is 3. The van der Waals surface area contributed by atoms with Crippen molar-refractivity contribution in [2.75, 3.05) is 6.54 Å². The van der Waals surface area contributed by atoms with Gasteiger partial charge in [-0.05, 0) is 44.0 Å². The molecule has 0 fully saturated rings. The van der Waals surface area contributed by atoms with Crippen LogP contribution in [-0.4, -0.2) is 34.4 Å². The molecule has 0 atom stereocenters. The summed E-state index contributed by atoms with van der Waals surface area (Å²) in [6.07, 6.45) is 2.68. The standard InChI is InChI=1S/C20H22N4O2/c1-13(2)23-20(26)18-9-5-8-17(24-18)19(25)21-11-10-14-12-22-16-7-4-3-6-15(14)16/h3-9,12-13,22H,10-11H2,1-2H3,(H,21,25)(H,23,26). The number of hydrogen-bond donors (Lipinski definition) is 3. The average Bonchev–Trinajstić information content (AvgIpc) is 3.04. The molecule has 3 N–H and O–H groups in total. The zero-order valence-electron chi connectivity index (χ0n) is 14.9. The smallest absolute Gasteiger partial charge is 0.270 e. The van der Waals surface area contributed by atoms with Crippen LogP contribution in [-0.2, 0) is 6.42 Å². The van der Waals surface area contributed by atoms with E-state index in [0.717, 1.165) is 16.5 Å². The Labute approximate surface area is 152 Å². The summed E-state index contributed by atoms with van der Waals surface area (Å²) < 4.78 is 0. The summed E-state index contributed by atoms with van der Waals surface area (Å²) >= 11 is 0. The summed E-state index contributed by atoms with van der Waals surface area (Å²) in [5.41, 5.74) is 2.71. The predicted octanol–water partition coefficient (Wildman–Crippen LogP) is 2.67. The molecule has 26 heavy (non-hydrogen) atoms. The number of aromatic amines is 1. The minimum atomic E-state index is -0.288. The number of amides is 2. The van der Waals surface area contributed by atoms with E-state index in [1.807, 2.05) is 38.2 Å². The fraction of sp³-hybridized carbons (Fsp3) is 0.250. The Hall–Kier alpha value is -3.15. The van der Waals surface area contributed by atoms with Crippen molar-refractivity contribution in [1.82, 2.24) is 20.6 Å². The monoisotopic (exact) mass is 350 g/mol. The van der Waals surface area contributed by atoms with E-state index in [2.05, 4.69) is 26.7 Å². The van der Waals surface area contributed by atoms with Crippen LogP contribution in [0.15, 0.2) is 48.7 Å². The topological polar surface area (TPSA) is 86.9 Å². The Kier molecular flexibility index (Phi) is 5.31. The van der Waals surface area contributed by atoms with E-state index in [1.54, 1.807) is 18.2 Å². The Balaban J connectivity index is 1.61. The first kappa shape index (κ1) is 17.7. The van der Waals surface area contributed by atoms with Gasteiger partial charge in [0.1, 0.15) is 11.4 Å². The number of nitrogens with one attached hydrogen (secondary N) is 3. The van der Waals surface area contributed by atoms with Crippen LogP contribution in [0, 0.1) is 0 Å². The number of benzene rings is 1. The molecule has 0 aliphatic rings. The van der Waals surface area contributed by atoms with Gasteiger partial charge in [-0.2, -0.15) is 0 Å². The Morgan fingerprint density at radius 1 is 1.04 bits per heavy atom. The summed E-state index contributed by atoms with van der Waals surface area (Å²) in [6.45, 7) is 4.24. The van der Waals surface area contributed by atoms with Gasteiger partial charge in [0.05, 0.1) is 0 Å². The maximum absolute atomic E-state index is 12.3. The number of nitrogens with zero attached hydrogens (tertiary/aromatic N) is 1. The maximum Gasteiger partial charge on any atom is 0.270 e. The summed E-state index contributed by atoms with van der Waals surface area (Å²) in [5.74, 6) is -0.572. The molecule has 0 bridgehead atoms. The van der Waals surface area contributed by atoms with Crippen molar-refractivity contribution in [3.05, 3.63) is 65.6 Å². The number of carbonyl (C=O) groups is 2. The van der Waals surface area contributed by atoms with Gasteiger partial charge < -0.3 is 15.6 Å². The molecule has 2 aromatic heterocycles. The van der Waals surface area contributed by atoms with Crippen LogP contribution < -0.4 is 10.6 Å². The van der Waals surface area contributed by atoms with Crippen LogP contribution in [0.2, 0.25) is 0 Å². The molecule has 0 aliphatic heterocycles. The molecule has 3 rings (SSSR count). The van der Waals surface area contributed by atoms with Gasteiger partial charge in [-0.3, -0.25) is 9.59 Å². The predicted molar refractivity (Wildman–Crippen MR) is 101 cm³/mol. The van der Waals surface area contributed by atoms with Gasteiger partial charge in [0.25, 0.3) is 11.8 Å². The molecule has 134 valence electrons. The van der Waals surface area contributed by atoms with E-state index in [-0.39, 0.29) is 29.2 Å². The average molecular weight is 350 g/mol. The van der Waals surface area contributed by atoms with Crippen molar-refractivity contribution in [2.45, 2.75) is 26.3 Å². The van der Waals surface area contributed by atoms with Crippen molar-refractivity contribution in [1.29, 1.82) is 0 Å². The van der Waals surface area contributed by atoms with Gasteiger partial charge in [-0.25, -0.2) is 4.98 Å². The molecule has 6 heteroatoms. The van der Waals surface area contributed by atoms with E-state index in [9.17, 15) is 9.59 Å². The van der Waals surface area contributed by atoms with Crippen LogP contribution in [0.3, 0.4) is 0 Å². The summed E-state index contributed by atoms with van der Waals surface area (Å²) in [7, 11) is 0. The highest BCUT2D eigenvalue weighted by atomic mass is 16.2. The van der Waals surface area contributed by atoms with Gasteiger partial charge in [0.2, 0.25) is 0 Å². The van der Waals surface area contributed by atoms with Crippen molar-refractivity contribution in [3.63, 3.8) is 0 Å². The molecule has 3 aromatic rings. The second kappa shape index (κ2) is 7.82. The highest BCUT2D eigenvalue weighted by molar-refractivity contribution is 5.96. The van der Waals surface area contributed by atoms with E-state index in [0.29, 0.717) is 13.0 Å². The molecule has 0 spiro atoms. The number of pyridine rings is 1. The van der Waals surface area contributed by atoms with E-state index < -0.39 is 0 Å². The molecular formula is C20H22N4O2. The van der Waals surface area contributed by atoms with Crippen molar-refractivity contribution in [2.24, 2.45) is 0 Å². The van der Waals surface area contributed by atoms with Crippen LogP contribution >= 0.6 is 0 Å². The van der Waals surface area contributed by atoms with Crippen LogP contribution in [0.4, 0.5) is 0 Å². The van der Waals surface area contributed by atoms with Crippen LogP contribution in [0.25, 0.3) is 10.9 Å². The molecule has 1 aromatic carbocycles. The first-order valence-electron chi connectivity index (χ1n) is 8.65. The number of aromatic nitrogens is 2. The third-order valence-corrected chi connectivity index (χ3v) is 3.99. The SMILES string of the molecule is CC(C)NC(=O)c1cccc(C(=O)NCCc2c[nH]c3ccccc23)n1. The quantitative estimate of drug-likeness (QED) is 0.639. The number of para-hydroxylation sites is 1. The van der Waals surface area contributed by atoms with E-state index in [4.69, 9.17) is 0 Å². The number of H-pyrrole nitrogens is 1. The lowest BCUT2D eigenvalue weighted by atomic mass is 10.1. The third-order valence-electron chi connectivity index (χ3n) is 3.99. The number of rotatable bonds is 6. The van der Waals surface area contributed by atoms with Gasteiger partial charge in [0.15, 0.2) is 0 Å². The molecule has 0 radical (unpaired) electrons. The second-order valence-electron chi connectivity index (χ2n) is 6.40. The minimum absolute atomic E-state index is 0.0120. The summed E-state index contributed by atoms with van der Waals surface area (Å²) in [6, 6.07) is 12.9. The fourth-order valence-electron chi connectivity index (χ4n) is 2.76. The minimum Gasteiger partial charge on any atom is -0.361 e. The fourth-order valence-corrected chi connectivity index (χ4v) is 2.76. The molecule has 0 unspecified atom stereocenters. The van der Waals surface area contributed by atoms with E-state index >= 15 is 0 Å². The Bertz CT molecular complexity index is 930. The molecule has 2 heterocycles. The largest absolute Gasteiger partial charge is 0.361 e.